The largest absolute Gasteiger partial charge is 0.494 e. The molecule has 0 radical (unpaired) electrons. The average Bonchev–Trinajstić information content (AvgIpc) is 2.74. The van der Waals surface area contributed by atoms with Gasteiger partial charge in [-0.3, -0.25) is 20.4 Å². The number of hydrogen-bond acceptors (Lipinski definition) is 6. The first-order valence-electron chi connectivity index (χ1n) is 8.63. The van der Waals surface area contributed by atoms with E-state index in [4.69, 9.17) is 9.47 Å². The number of hydrogen-bond donors (Lipinski definition) is 2. The van der Waals surface area contributed by atoms with E-state index in [0.717, 1.165) is 5.75 Å². The molecule has 2 rings (SSSR count). The maximum atomic E-state index is 12.0. The molecule has 0 fully saturated rings. The monoisotopic (exact) mass is 386 g/mol. The van der Waals surface area contributed by atoms with Crippen molar-refractivity contribution in [3.8, 4) is 5.75 Å². The van der Waals surface area contributed by atoms with E-state index in [9.17, 15) is 14.4 Å². The Morgan fingerprint density at radius 3 is 2.21 bits per heavy atom. The van der Waals surface area contributed by atoms with Gasteiger partial charge in [-0.15, -0.1) is 0 Å². The van der Waals surface area contributed by atoms with E-state index in [1.54, 1.807) is 0 Å². The van der Waals surface area contributed by atoms with Gasteiger partial charge in [0.25, 0.3) is 11.8 Å². The summed E-state index contributed by atoms with van der Waals surface area (Å²) >= 11 is 0. The van der Waals surface area contributed by atoms with Gasteiger partial charge in [0.2, 0.25) is 0 Å². The molecule has 2 N–H and O–H groups in total. The summed E-state index contributed by atoms with van der Waals surface area (Å²) < 4.78 is 15.3. The highest BCUT2D eigenvalue weighted by molar-refractivity contribution is 5.97. The third kappa shape index (κ3) is 7.08. The van der Waals surface area contributed by atoms with Gasteiger partial charge in [0.1, 0.15) is 12.4 Å². The number of ether oxygens (including phenoxy) is 3. The summed E-state index contributed by atoms with van der Waals surface area (Å²) in [5.74, 6) is -0.710. The molecule has 28 heavy (non-hydrogen) atoms. The van der Waals surface area contributed by atoms with Crippen LogP contribution in [0.1, 0.15) is 27.1 Å². The van der Waals surface area contributed by atoms with Crippen molar-refractivity contribution < 1.29 is 28.6 Å². The lowest BCUT2D eigenvalue weighted by molar-refractivity contribution is -0.126. The second-order valence-corrected chi connectivity index (χ2v) is 5.64. The van der Waals surface area contributed by atoms with Gasteiger partial charge in [-0.25, -0.2) is 4.79 Å². The molecule has 0 aromatic heterocycles. The molecule has 2 aromatic carbocycles. The predicted octanol–water partition coefficient (Wildman–Crippen LogP) is 1.72. The van der Waals surface area contributed by atoms with Crippen LogP contribution in [0, 0.1) is 0 Å². The van der Waals surface area contributed by atoms with Gasteiger partial charge >= 0.3 is 5.97 Å². The highest BCUT2D eigenvalue weighted by atomic mass is 16.5. The maximum absolute atomic E-state index is 12.0. The van der Waals surface area contributed by atoms with Gasteiger partial charge in [0.05, 0.1) is 25.9 Å². The van der Waals surface area contributed by atoms with Crippen molar-refractivity contribution in [2.75, 3.05) is 26.9 Å². The number of carbonyl (C=O) groups is 3. The molecule has 0 atom stereocenters. The Kier molecular flexibility index (Phi) is 8.48. The van der Waals surface area contributed by atoms with Crippen LogP contribution in [0.5, 0.6) is 5.75 Å². The topological polar surface area (TPSA) is 103 Å². The highest BCUT2D eigenvalue weighted by Crippen LogP contribution is 2.08. The zero-order valence-electron chi connectivity index (χ0n) is 15.5. The summed E-state index contributed by atoms with van der Waals surface area (Å²) in [6.07, 6.45) is 0.626. The molecule has 0 heterocycles. The smallest absolute Gasteiger partial charge is 0.337 e. The second-order valence-electron chi connectivity index (χ2n) is 5.64. The average molecular weight is 386 g/mol. The number of para-hydroxylation sites is 1. The van der Waals surface area contributed by atoms with Crippen LogP contribution in [0.25, 0.3) is 0 Å². The highest BCUT2D eigenvalue weighted by Gasteiger charge is 2.10. The van der Waals surface area contributed by atoms with Crippen LogP contribution in [0.3, 0.4) is 0 Å². The van der Waals surface area contributed by atoms with Gasteiger partial charge in [0, 0.05) is 12.0 Å². The number of benzene rings is 2. The minimum atomic E-state index is -0.513. The van der Waals surface area contributed by atoms with E-state index >= 15 is 0 Å². The fourth-order valence-electron chi connectivity index (χ4n) is 2.14. The summed E-state index contributed by atoms with van der Waals surface area (Å²) in [6, 6.07) is 15.2. The molecule has 0 bridgehead atoms. The summed E-state index contributed by atoms with van der Waals surface area (Å²) in [7, 11) is 1.27. The lowest BCUT2D eigenvalue weighted by atomic mass is 10.1. The summed E-state index contributed by atoms with van der Waals surface area (Å²) in [4.78, 5) is 35.0. The van der Waals surface area contributed by atoms with Crippen LogP contribution >= 0.6 is 0 Å². The van der Waals surface area contributed by atoms with Gasteiger partial charge in [0.15, 0.2) is 0 Å². The Labute approximate surface area is 162 Å². The van der Waals surface area contributed by atoms with Crippen LogP contribution in [0.2, 0.25) is 0 Å². The molecule has 0 aliphatic heterocycles. The minimum Gasteiger partial charge on any atom is -0.494 e. The zero-order chi connectivity index (χ0) is 20.2. The molecule has 148 valence electrons. The Balaban J connectivity index is 1.58. The molecule has 8 heteroatoms. The van der Waals surface area contributed by atoms with Crippen molar-refractivity contribution in [1.82, 2.24) is 10.9 Å². The van der Waals surface area contributed by atoms with E-state index in [2.05, 4.69) is 15.6 Å². The van der Waals surface area contributed by atoms with Crippen LogP contribution in [0.15, 0.2) is 54.6 Å². The first-order valence-corrected chi connectivity index (χ1v) is 8.63. The molecule has 0 spiro atoms. The first kappa shape index (κ1) is 20.9. The molecular formula is C20H22N2O6. The molecule has 2 aromatic rings. The molecule has 0 saturated carbocycles. The lowest BCUT2D eigenvalue weighted by Crippen LogP contribution is -2.43. The van der Waals surface area contributed by atoms with Crippen LogP contribution in [0.4, 0.5) is 0 Å². The van der Waals surface area contributed by atoms with Crippen LogP contribution in [-0.4, -0.2) is 44.7 Å². The Bertz CT molecular complexity index is 777. The van der Waals surface area contributed by atoms with E-state index in [0.29, 0.717) is 25.2 Å². The Hall–Kier alpha value is -3.39. The molecule has 2 amide bonds. The van der Waals surface area contributed by atoms with Crippen molar-refractivity contribution in [2.24, 2.45) is 0 Å². The van der Waals surface area contributed by atoms with Gasteiger partial charge < -0.3 is 14.2 Å². The molecule has 8 nitrogen and oxygen atoms in total. The van der Waals surface area contributed by atoms with Crippen molar-refractivity contribution in [2.45, 2.75) is 6.42 Å². The quantitative estimate of drug-likeness (QED) is 0.386. The molecule has 0 aliphatic rings. The fourth-order valence-corrected chi connectivity index (χ4v) is 2.14. The SMILES string of the molecule is COC(=O)c1ccc(C(=O)NNC(=O)COCCCOc2ccccc2)cc1. The number of nitrogens with one attached hydrogen (secondary N) is 2. The number of carbonyl (C=O) groups excluding carboxylic acids is 3. The fraction of sp³-hybridized carbons (Fsp3) is 0.250. The van der Waals surface area contributed by atoms with Gasteiger partial charge in [-0.1, -0.05) is 18.2 Å². The molecule has 0 unspecified atom stereocenters. The van der Waals surface area contributed by atoms with E-state index in [1.807, 2.05) is 30.3 Å². The van der Waals surface area contributed by atoms with Gasteiger partial charge in [-0.05, 0) is 36.4 Å². The molecule has 0 saturated heterocycles. The number of hydrazine groups is 1. The van der Waals surface area contributed by atoms with E-state index in [-0.39, 0.29) is 12.2 Å². The summed E-state index contributed by atoms with van der Waals surface area (Å²) in [6.45, 7) is 0.639. The molecular weight excluding hydrogens is 364 g/mol. The van der Waals surface area contributed by atoms with Crippen molar-refractivity contribution in [3.05, 3.63) is 65.7 Å². The van der Waals surface area contributed by atoms with E-state index in [1.165, 1.54) is 31.4 Å². The van der Waals surface area contributed by atoms with E-state index < -0.39 is 17.8 Å². The number of rotatable bonds is 9. The first-order chi connectivity index (χ1) is 13.6. The van der Waals surface area contributed by atoms with Crippen LogP contribution < -0.4 is 15.6 Å². The Morgan fingerprint density at radius 2 is 1.54 bits per heavy atom. The van der Waals surface area contributed by atoms with Crippen LogP contribution in [-0.2, 0) is 14.3 Å². The number of esters is 1. The van der Waals surface area contributed by atoms with Crippen molar-refractivity contribution in [3.63, 3.8) is 0 Å². The normalized spacial score (nSPS) is 10.0. The minimum absolute atomic E-state index is 0.188. The lowest BCUT2D eigenvalue weighted by Gasteiger charge is -2.09. The maximum Gasteiger partial charge on any atom is 0.337 e. The standard InChI is InChI=1S/C20H22N2O6/c1-26-20(25)16-10-8-15(9-11-16)19(24)22-21-18(23)14-27-12-5-13-28-17-6-3-2-4-7-17/h2-4,6-11H,5,12-14H2,1H3,(H,21,23)(H,22,24). The third-order valence-corrected chi connectivity index (χ3v) is 3.56. The molecule has 0 aliphatic carbocycles. The van der Waals surface area contributed by atoms with Crippen molar-refractivity contribution >= 4 is 17.8 Å². The summed E-state index contributed by atoms with van der Waals surface area (Å²) in [5, 5.41) is 0. The van der Waals surface area contributed by atoms with Crippen molar-refractivity contribution in [1.29, 1.82) is 0 Å². The Morgan fingerprint density at radius 1 is 0.857 bits per heavy atom. The predicted molar refractivity (Wildman–Crippen MR) is 101 cm³/mol. The second kappa shape index (κ2) is 11.3. The number of methoxy groups -OCH3 is 1. The zero-order valence-corrected chi connectivity index (χ0v) is 15.5. The number of amides is 2. The third-order valence-electron chi connectivity index (χ3n) is 3.56. The van der Waals surface area contributed by atoms with Gasteiger partial charge in [-0.2, -0.15) is 0 Å². The summed E-state index contributed by atoms with van der Waals surface area (Å²) in [5.41, 5.74) is 5.15.